The summed E-state index contributed by atoms with van der Waals surface area (Å²) in [5.41, 5.74) is 5.11. The van der Waals surface area contributed by atoms with Crippen LogP contribution >= 0.6 is 0 Å². The number of carbonyl (C=O) groups is 1. The van der Waals surface area contributed by atoms with Crippen LogP contribution < -0.4 is 11.1 Å². The molecule has 0 spiro atoms. The molecule has 0 aliphatic carbocycles. The second kappa shape index (κ2) is 4.07. The molecule has 0 radical (unpaired) electrons. The third kappa shape index (κ3) is 2.67. The van der Waals surface area contributed by atoms with Gasteiger partial charge < -0.3 is 15.8 Å². The van der Waals surface area contributed by atoms with Crippen LogP contribution in [-0.2, 0) is 9.53 Å². The van der Waals surface area contributed by atoms with Crippen LogP contribution in [-0.4, -0.2) is 30.7 Å². The van der Waals surface area contributed by atoms with E-state index in [1.165, 1.54) is 0 Å². The topological polar surface area (TPSA) is 64.4 Å². The SMILES string of the molecule is CCCC(C)(N)C(=O)NC1COC1. The molecule has 1 fully saturated rings. The van der Waals surface area contributed by atoms with Crippen molar-refractivity contribution in [2.45, 2.75) is 38.3 Å². The number of hydrogen-bond donors (Lipinski definition) is 2. The van der Waals surface area contributed by atoms with E-state index in [4.69, 9.17) is 10.5 Å². The van der Waals surface area contributed by atoms with Crippen molar-refractivity contribution in [1.82, 2.24) is 5.32 Å². The Morgan fingerprint density at radius 1 is 1.69 bits per heavy atom. The predicted octanol–water partition coefficient (Wildman–Crippen LogP) is 0.0189. The van der Waals surface area contributed by atoms with E-state index in [0.717, 1.165) is 6.42 Å². The molecule has 0 bridgehead atoms. The molecule has 4 heteroatoms. The summed E-state index contributed by atoms with van der Waals surface area (Å²) in [4.78, 5) is 11.6. The lowest BCUT2D eigenvalue weighted by Crippen LogP contribution is -2.58. The third-order valence-corrected chi connectivity index (χ3v) is 2.26. The molecule has 1 amide bonds. The quantitative estimate of drug-likeness (QED) is 0.650. The van der Waals surface area contributed by atoms with Gasteiger partial charge in [0.2, 0.25) is 5.91 Å². The van der Waals surface area contributed by atoms with Gasteiger partial charge in [-0.15, -0.1) is 0 Å². The Morgan fingerprint density at radius 2 is 2.31 bits per heavy atom. The van der Waals surface area contributed by atoms with Crippen LogP contribution in [0.2, 0.25) is 0 Å². The van der Waals surface area contributed by atoms with Crippen LogP contribution in [0.4, 0.5) is 0 Å². The van der Waals surface area contributed by atoms with E-state index in [9.17, 15) is 4.79 Å². The number of nitrogens with two attached hydrogens (primary N) is 1. The number of hydrogen-bond acceptors (Lipinski definition) is 3. The Balaban J connectivity index is 2.35. The van der Waals surface area contributed by atoms with Crippen LogP contribution in [0.5, 0.6) is 0 Å². The molecular weight excluding hydrogens is 168 g/mol. The molecule has 0 aromatic carbocycles. The second-order valence-corrected chi connectivity index (χ2v) is 3.88. The maximum Gasteiger partial charge on any atom is 0.240 e. The van der Waals surface area contributed by atoms with Crippen LogP contribution in [0.15, 0.2) is 0 Å². The summed E-state index contributed by atoms with van der Waals surface area (Å²) in [6.07, 6.45) is 1.63. The van der Waals surface area contributed by atoms with Crippen LogP contribution in [0.3, 0.4) is 0 Å². The predicted molar refractivity (Wildman–Crippen MR) is 50.3 cm³/mol. The summed E-state index contributed by atoms with van der Waals surface area (Å²) in [6, 6.07) is 0.173. The first-order valence-corrected chi connectivity index (χ1v) is 4.74. The van der Waals surface area contributed by atoms with Gasteiger partial charge in [0.1, 0.15) is 0 Å². The lowest BCUT2D eigenvalue weighted by Gasteiger charge is -2.31. The molecule has 1 unspecified atom stereocenters. The van der Waals surface area contributed by atoms with E-state index >= 15 is 0 Å². The molecule has 1 heterocycles. The van der Waals surface area contributed by atoms with Crippen molar-refractivity contribution in [3.63, 3.8) is 0 Å². The summed E-state index contributed by atoms with van der Waals surface area (Å²) >= 11 is 0. The Kier molecular flexibility index (Phi) is 3.27. The third-order valence-electron chi connectivity index (χ3n) is 2.26. The van der Waals surface area contributed by atoms with Crippen LogP contribution in [0.25, 0.3) is 0 Å². The maximum atomic E-state index is 11.6. The summed E-state index contributed by atoms with van der Waals surface area (Å²) in [7, 11) is 0. The molecular formula is C9H18N2O2. The van der Waals surface area contributed by atoms with Gasteiger partial charge in [-0.25, -0.2) is 0 Å². The van der Waals surface area contributed by atoms with Gasteiger partial charge in [-0.3, -0.25) is 4.79 Å². The molecule has 1 aliphatic heterocycles. The van der Waals surface area contributed by atoms with Gasteiger partial charge in [0, 0.05) is 0 Å². The lowest BCUT2D eigenvalue weighted by atomic mass is 9.96. The highest BCUT2D eigenvalue weighted by Gasteiger charge is 2.30. The average Bonchev–Trinajstić information content (AvgIpc) is 1.96. The summed E-state index contributed by atoms with van der Waals surface area (Å²) in [5.74, 6) is -0.0670. The fourth-order valence-corrected chi connectivity index (χ4v) is 1.30. The number of rotatable bonds is 4. The van der Waals surface area contributed by atoms with E-state index in [2.05, 4.69) is 5.32 Å². The van der Waals surface area contributed by atoms with Crippen LogP contribution in [0, 0.1) is 0 Å². The van der Waals surface area contributed by atoms with Crippen molar-refractivity contribution < 1.29 is 9.53 Å². The standard InChI is InChI=1S/C9H18N2O2/c1-3-4-9(2,10)8(12)11-7-5-13-6-7/h7H,3-6,10H2,1-2H3,(H,11,12). The molecule has 1 atom stereocenters. The Bertz CT molecular complexity index is 188. The van der Waals surface area contributed by atoms with Crippen molar-refractivity contribution in [2.24, 2.45) is 5.73 Å². The van der Waals surface area contributed by atoms with E-state index in [1.807, 2.05) is 6.92 Å². The van der Waals surface area contributed by atoms with Gasteiger partial charge in [0.15, 0.2) is 0 Å². The van der Waals surface area contributed by atoms with Gasteiger partial charge in [-0.1, -0.05) is 13.3 Å². The van der Waals surface area contributed by atoms with Crippen molar-refractivity contribution in [1.29, 1.82) is 0 Å². The first-order valence-electron chi connectivity index (χ1n) is 4.74. The lowest BCUT2D eigenvalue weighted by molar-refractivity contribution is -0.130. The minimum Gasteiger partial charge on any atom is -0.377 e. The van der Waals surface area contributed by atoms with Gasteiger partial charge in [0.25, 0.3) is 0 Å². The Labute approximate surface area is 78.8 Å². The van der Waals surface area contributed by atoms with Crippen molar-refractivity contribution in [3.05, 3.63) is 0 Å². The van der Waals surface area contributed by atoms with Crippen LogP contribution in [0.1, 0.15) is 26.7 Å². The zero-order chi connectivity index (χ0) is 9.90. The highest BCUT2D eigenvalue weighted by molar-refractivity contribution is 5.85. The Morgan fingerprint density at radius 3 is 2.69 bits per heavy atom. The van der Waals surface area contributed by atoms with Gasteiger partial charge >= 0.3 is 0 Å². The average molecular weight is 186 g/mol. The number of nitrogens with one attached hydrogen (secondary N) is 1. The molecule has 0 aromatic heterocycles. The van der Waals surface area contributed by atoms with Gasteiger partial charge in [-0.2, -0.15) is 0 Å². The highest BCUT2D eigenvalue weighted by Crippen LogP contribution is 2.10. The number of ether oxygens (including phenoxy) is 1. The van der Waals surface area contributed by atoms with Crippen molar-refractivity contribution in [2.75, 3.05) is 13.2 Å². The van der Waals surface area contributed by atoms with E-state index in [1.54, 1.807) is 6.92 Å². The summed E-state index contributed by atoms with van der Waals surface area (Å²) in [5, 5.41) is 2.85. The highest BCUT2D eigenvalue weighted by atomic mass is 16.5. The number of amides is 1. The zero-order valence-electron chi connectivity index (χ0n) is 8.30. The van der Waals surface area contributed by atoms with Crippen molar-refractivity contribution >= 4 is 5.91 Å². The first-order chi connectivity index (χ1) is 6.06. The largest absolute Gasteiger partial charge is 0.377 e. The molecule has 1 aliphatic rings. The minimum absolute atomic E-state index is 0.0670. The fourth-order valence-electron chi connectivity index (χ4n) is 1.30. The molecule has 0 aromatic rings. The van der Waals surface area contributed by atoms with Crippen molar-refractivity contribution in [3.8, 4) is 0 Å². The van der Waals surface area contributed by atoms with Gasteiger partial charge in [-0.05, 0) is 13.3 Å². The zero-order valence-corrected chi connectivity index (χ0v) is 8.30. The van der Waals surface area contributed by atoms with Gasteiger partial charge in [0.05, 0.1) is 24.8 Å². The molecule has 4 nitrogen and oxygen atoms in total. The molecule has 76 valence electrons. The maximum absolute atomic E-state index is 11.6. The first kappa shape index (κ1) is 10.5. The molecule has 3 N–H and O–H groups in total. The van der Waals surface area contributed by atoms with E-state index in [0.29, 0.717) is 19.6 Å². The fraction of sp³-hybridized carbons (Fsp3) is 0.889. The van der Waals surface area contributed by atoms with E-state index in [-0.39, 0.29) is 11.9 Å². The molecule has 13 heavy (non-hydrogen) atoms. The Hall–Kier alpha value is -0.610. The monoisotopic (exact) mass is 186 g/mol. The normalized spacial score (nSPS) is 21.8. The second-order valence-electron chi connectivity index (χ2n) is 3.88. The number of carbonyl (C=O) groups excluding carboxylic acids is 1. The molecule has 1 saturated heterocycles. The summed E-state index contributed by atoms with van der Waals surface area (Å²) < 4.78 is 4.95. The molecule has 0 saturated carbocycles. The van der Waals surface area contributed by atoms with E-state index < -0.39 is 5.54 Å². The minimum atomic E-state index is -0.732. The smallest absolute Gasteiger partial charge is 0.240 e. The molecule has 1 rings (SSSR count). The summed E-state index contributed by atoms with van der Waals surface area (Å²) in [6.45, 7) is 5.03.